The summed E-state index contributed by atoms with van der Waals surface area (Å²) in [7, 11) is -3.67. The second kappa shape index (κ2) is 6.95. The molecule has 0 aliphatic heterocycles. The topological polar surface area (TPSA) is 92.2 Å². The fourth-order valence-corrected chi connectivity index (χ4v) is 2.54. The number of hydrogen-bond acceptors (Lipinski definition) is 5. The molecule has 2 aromatic rings. The number of pyridine rings is 2. The van der Waals surface area contributed by atoms with Gasteiger partial charge >= 0.3 is 0 Å². The number of aliphatic hydroxyl groups excluding tert-OH is 1. The van der Waals surface area contributed by atoms with Crippen LogP contribution < -0.4 is 4.72 Å². The molecule has 7 heteroatoms. The summed E-state index contributed by atoms with van der Waals surface area (Å²) in [6, 6.07) is 4.86. The first kappa shape index (κ1) is 15.1. The smallest absolute Gasteiger partial charge is 0.242 e. The number of aliphatic hydroxyl groups is 1. The van der Waals surface area contributed by atoms with Crippen molar-refractivity contribution in [3.05, 3.63) is 54.1 Å². The molecule has 2 rings (SSSR count). The van der Waals surface area contributed by atoms with Crippen LogP contribution in [0.3, 0.4) is 0 Å². The summed E-state index contributed by atoms with van der Waals surface area (Å²) < 4.78 is 26.8. The monoisotopic (exact) mass is 303 g/mol. The molecule has 0 atom stereocenters. The van der Waals surface area contributed by atoms with Crippen LogP contribution in [0.1, 0.15) is 11.1 Å². The Kier molecular flexibility index (Phi) is 5.00. The molecule has 2 N–H and O–H groups in total. The van der Waals surface area contributed by atoms with Gasteiger partial charge in [0.1, 0.15) is 11.5 Å². The lowest BCUT2D eigenvalue weighted by Crippen LogP contribution is -2.23. The van der Waals surface area contributed by atoms with Gasteiger partial charge in [0, 0.05) is 36.9 Å². The van der Waals surface area contributed by atoms with Crippen LogP contribution in [0.5, 0.6) is 0 Å². The maximum absolute atomic E-state index is 12.2. The number of nitrogens with zero attached hydrogens (tertiary/aromatic N) is 2. The Hall–Kier alpha value is -2.27. The van der Waals surface area contributed by atoms with Gasteiger partial charge in [-0.05, 0) is 23.8 Å². The van der Waals surface area contributed by atoms with E-state index in [2.05, 4.69) is 26.5 Å². The van der Waals surface area contributed by atoms with E-state index in [9.17, 15) is 8.42 Å². The van der Waals surface area contributed by atoms with E-state index in [0.29, 0.717) is 5.56 Å². The van der Waals surface area contributed by atoms with E-state index in [-0.39, 0.29) is 18.0 Å². The molecule has 0 aliphatic carbocycles. The fourth-order valence-electron chi connectivity index (χ4n) is 1.54. The molecular weight excluding hydrogens is 290 g/mol. The lowest BCUT2D eigenvalue weighted by atomic mass is 10.3. The Morgan fingerprint density at radius 3 is 2.67 bits per heavy atom. The highest BCUT2D eigenvalue weighted by molar-refractivity contribution is 7.89. The molecule has 0 aromatic carbocycles. The predicted octanol–water partition coefficient (Wildman–Crippen LogP) is 0.299. The van der Waals surface area contributed by atoms with Crippen molar-refractivity contribution < 1.29 is 13.5 Å². The molecule has 0 saturated heterocycles. The first-order chi connectivity index (χ1) is 10.1. The molecule has 0 fully saturated rings. The zero-order chi connectivity index (χ0) is 15.1. The standard InChI is InChI=1S/C14H13N3O3S/c18-7-1-2-13-8-14(11-16-9-13)21(19,20)17-10-12-3-5-15-6-4-12/h3-6,8-9,11,17-18H,7,10H2. The van der Waals surface area contributed by atoms with Crippen molar-refractivity contribution in [1.29, 1.82) is 0 Å². The lowest BCUT2D eigenvalue weighted by Gasteiger charge is -2.06. The van der Waals surface area contributed by atoms with Gasteiger partial charge < -0.3 is 5.11 Å². The van der Waals surface area contributed by atoms with Crippen LogP contribution >= 0.6 is 0 Å². The number of hydrogen-bond donors (Lipinski definition) is 2. The highest BCUT2D eigenvalue weighted by Gasteiger charge is 2.14. The minimum atomic E-state index is -3.67. The molecule has 0 spiro atoms. The van der Waals surface area contributed by atoms with E-state index in [4.69, 9.17) is 5.11 Å². The van der Waals surface area contributed by atoms with Crippen LogP contribution in [0.25, 0.3) is 0 Å². The minimum Gasteiger partial charge on any atom is -0.384 e. The summed E-state index contributed by atoms with van der Waals surface area (Å²) in [5.74, 6) is 5.06. The Morgan fingerprint density at radius 2 is 1.95 bits per heavy atom. The van der Waals surface area contributed by atoms with Gasteiger partial charge in [0.05, 0.1) is 0 Å². The maximum atomic E-state index is 12.2. The van der Waals surface area contributed by atoms with Gasteiger partial charge in [0.15, 0.2) is 0 Å². The SMILES string of the molecule is O=S(=O)(NCc1ccncc1)c1cncc(C#CCO)c1. The largest absolute Gasteiger partial charge is 0.384 e. The summed E-state index contributed by atoms with van der Waals surface area (Å²) in [4.78, 5) is 7.74. The van der Waals surface area contributed by atoms with Crippen molar-refractivity contribution in [1.82, 2.24) is 14.7 Å². The molecule has 0 radical (unpaired) electrons. The van der Waals surface area contributed by atoms with E-state index in [1.54, 1.807) is 24.5 Å². The van der Waals surface area contributed by atoms with E-state index < -0.39 is 10.0 Å². The second-order valence-electron chi connectivity index (χ2n) is 4.05. The van der Waals surface area contributed by atoms with Crippen molar-refractivity contribution in [3.63, 3.8) is 0 Å². The van der Waals surface area contributed by atoms with Crippen molar-refractivity contribution in [2.45, 2.75) is 11.4 Å². The molecule has 21 heavy (non-hydrogen) atoms. The quantitative estimate of drug-likeness (QED) is 0.793. The summed E-state index contributed by atoms with van der Waals surface area (Å²) >= 11 is 0. The molecule has 0 bridgehead atoms. The van der Waals surface area contributed by atoms with Crippen LogP contribution in [-0.4, -0.2) is 30.1 Å². The summed E-state index contributed by atoms with van der Waals surface area (Å²) in [5, 5.41) is 8.64. The Bertz CT molecular complexity index is 765. The van der Waals surface area contributed by atoms with Crippen LogP contribution in [-0.2, 0) is 16.6 Å². The number of rotatable bonds is 4. The molecular formula is C14H13N3O3S. The van der Waals surface area contributed by atoms with E-state index in [0.717, 1.165) is 5.56 Å². The van der Waals surface area contributed by atoms with Gasteiger partial charge in [0.25, 0.3) is 0 Å². The van der Waals surface area contributed by atoms with Crippen molar-refractivity contribution >= 4 is 10.0 Å². The number of sulfonamides is 1. The Morgan fingerprint density at radius 1 is 1.19 bits per heavy atom. The normalized spacial score (nSPS) is 10.7. The highest BCUT2D eigenvalue weighted by atomic mass is 32.2. The summed E-state index contributed by atoms with van der Waals surface area (Å²) in [6.45, 7) is -0.130. The van der Waals surface area contributed by atoms with Gasteiger partial charge in [-0.15, -0.1) is 0 Å². The number of aromatic nitrogens is 2. The first-order valence-electron chi connectivity index (χ1n) is 6.05. The van der Waals surface area contributed by atoms with E-state index in [1.807, 2.05) is 0 Å². The average Bonchev–Trinajstić information content (AvgIpc) is 2.52. The third kappa shape index (κ3) is 4.36. The maximum Gasteiger partial charge on any atom is 0.242 e. The zero-order valence-electron chi connectivity index (χ0n) is 11.0. The van der Waals surface area contributed by atoms with Gasteiger partial charge in [-0.3, -0.25) is 9.97 Å². The predicted molar refractivity (Wildman–Crippen MR) is 76.5 cm³/mol. The molecule has 0 aliphatic rings. The second-order valence-corrected chi connectivity index (χ2v) is 5.82. The van der Waals surface area contributed by atoms with Crippen LogP contribution in [0.15, 0.2) is 47.9 Å². The summed E-state index contributed by atoms with van der Waals surface area (Å²) in [6.07, 6.45) is 5.87. The lowest BCUT2D eigenvalue weighted by molar-refractivity contribution is 0.350. The average molecular weight is 303 g/mol. The highest BCUT2D eigenvalue weighted by Crippen LogP contribution is 2.09. The fraction of sp³-hybridized carbons (Fsp3) is 0.143. The Balaban J connectivity index is 2.16. The third-order valence-electron chi connectivity index (χ3n) is 2.55. The van der Waals surface area contributed by atoms with Crippen molar-refractivity contribution in [3.8, 4) is 11.8 Å². The van der Waals surface area contributed by atoms with E-state index in [1.165, 1.54) is 18.5 Å². The minimum absolute atomic E-state index is 0.0290. The Labute approximate surface area is 122 Å². The molecule has 108 valence electrons. The van der Waals surface area contributed by atoms with Crippen LogP contribution in [0.2, 0.25) is 0 Å². The van der Waals surface area contributed by atoms with E-state index >= 15 is 0 Å². The van der Waals surface area contributed by atoms with Gasteiger partial charge in [-0.1, -0.05) is 11.8 Å². The molecule has 0 amide bonds. The van der Waals surface area contributed by atoms with Crippen LogP contribution in [0.4, 0.5) is 0 Å². The van der Waals surface area contributed by atoms with Crippen LogP contribution in [0, 0.1) is 11.8 Å². The van der Waals surface area contributed by atoms with Gasteiger partial charge in [-0.2, -0.15) is 0 Å². The van der Waals surface area contributed by atoms with Gasteiger partial charge in [-0.25, -0.2) is 13.1 Å². The third-order valence-corrected chi connectivity index (χ3v) is 3.92. The van der Waals surface area contributed by atoms with Crippen molar-refractivity contribution in [2.24, 2.45) is 0 Å². The first-order valence-corrected chi connectivity index (χ1v) is 7.53. The summed E-state index contributed by atoms with van der Waals surface area (Å²) in [5.41, 5.74) is 1.23. The van der Waals surface area contributed by atoms with Crippen molar-refractivity contribution in [2.75, 3.05) is 6.61 Å². The number of nitrogens with one attached hydrogen (secondary N) is 1. The molecule has 2 heterocycles. The molecule has 0 unspecified atom stereocenters. The molecule has 2 aromatic heterocycles. The molecule has 6 nitrogen and oxygen atoms in total. The van der Waals surface area contributed by atoms with Gasteiger partial charge in [0.2, 0.25) is 10.0 Å². The molecule has 0 saturated carbocycles. The zero-order valence-corrected chi connectivity index (χ0v) is 11.8.